The molecule has 1 rings (SSSR count). The van der Waals surface area contributed by atoms with E-state index in [1.165, 1.54) is 25.7 Å². The molecule has 1 aliphatic carbocycles. The summed E-state index contributed by atoms with van der Waals surface area (Å²) in [5, 5.41) is 15.5. The number of nitrogens with one attached hydrogen (secondary N) is 1. The van der Waals surface area contributed by atoms with Crippen LogP contribution in [0.1, 0.15) is 66.2 Å². The normalized spacial score (nSPS) is 21.6. The monoisotopic (exact) mass is 269 g/mol. The minimum absolute atomic E-state index is 0.217. The molecule has 0 radical (unpaired) electrons. The highest BCUT2D eigenvalue weighted by Gasteiger charge is 2.27. The lowest BCUT2D eigenvalue weighted by molar-refractivity contribution is 0.205. The molecule has 0 bridgehead atoms. The fraction of sp³-hybridized carbons (Fsp3) is 0.933. The van der Waals surface area contributed by atoms with Crippen molar-refractivity contribution in [2.75, 3.05) is 6.54 Å². The number of oxime groups is 1. The molecule has 4 heteroatoms. The minimum atomic E-state index is -0.217. The predicted molar refractivity (Wildman–Crippen MR) is 80.5 cm³/mol. The van der Waals surface area contributed by atoms with Crippen LogP contribution in [-0.2, 0) is 0 Å². The van der Waals surface area contributed by atoms with Crippen molar-refractivity contribution in [2.24, 2.45) is 21.7 Å². The lowest BCUT2D eigenvalue weighted by Crippen LogP contribution is -2.37. The Bertz CT molecular complexity index is 301. The predicted octanol–water partition coefficient (Wildman–Crippen LogP) is 3.10. The van der Waals surface area contributed by atoms with Crippen LogP contribution in [0.5, 0.6) is 0 Å². The highest BCUT2D eigenvalue weighted by Crippen LogP contribution is 2.35. The van der Waals surface area contributed by atoms with Crippen molar-refractivity contribution < 1.29 is 5.21 Å². The first-order valence-electron chi connectivity index (χ1n) is 7.48. The molecule has 4 nitrogen and oxygen atoms in total. The first kappa shape index (κ1) is 16.3. The van der Waals surface area contributed by atoms with E-state index < -0.39 is 0 Å². The second-order valence-electron chi connectivity index (χ2n) is 7.37. The highest BCUT2D eigenvalue weighted by atomic mass is 16.4. The van der Waals surface area contributed by atoms with Crippen LogP contribution in [0.4, 0.5) is 0 Å². The minimum Gasteiger partial charge on any atom is -0.409 e. The average Bonchev–Trinajstić information content (AvgIpc) is 2.35. The molecule has 0 saturated heterocycles. The molecule has 0 aliphatic heterocycles. The van der Waals surface area contributed by atoms with Crippen molar-refractivity contribution >= 4 is 5.84 Å². The molecule has 0 aromatic rings. The Morgan fingerprint density at radius 2 is 1.95 bits per heavy atom. The van der Waals surface area contributed by atoms with E-state index >= 15 is 0 Å². The first-order valence-corrected chi connectivity index (χ1v) is 7.48. The van der Waals surface area contributed by atoms with Crippen LogP contribution >= 0.6 is 0 Å². The van der Waals surface area contributed by atoms with Crippen LogP contribution in [0, 0.1) is 10.8 Å². The average molecular weight is 269 g/mol. The molecule has 0 spiro atoms. The van der Waals surface area contributed by atoms with Gasteiger partial charge < -0.3 is 16.3 Å². The van der Waals surface area contributed by atoms with E-state index in [1.54, 1.807) is 0 Å². The van der Waals surface area contributed by atoms with Crippen molar-refractivity contribution in [1.29, 1.82) is 0 Å². The van der Waals surface area contributed by atoms with E-state index in [2.05, 4.69) is 24.3 Å². The zero-order valence-corrected chi connectivity index (χ0v) is 13.0. The topological polar surface area (TPSA) is 70.6 Å². The molecule has 0 unspecified atom stereocenters. The maximum Gasteiger partial charge on any atom is 0.144 e. The SMILES string of the molecule is CC1(C)CCC(NCCCC(C)(C)C(N)=NO)CC1. The number of rotatable bonds is 6. The van der Waals surface area contributed by atoms with E-state index in [1.807, 2.05) is 13.8 Å². The second kappa shape index (κ2) is 6.60. The molecular weight excluding hydrogens is 238 g/mol. The maximum atomic E-state index is 8.73. The quantitative estimate of drug-likeness (QED) is 0.228. The van der Waals surface area contributed by atoms with E-state index in [0.717, 1.165) is 19.4 Å². The summed E-state index contributed by atoms with van der Waals surface area (Å²) in [5.41, 5.74) is 6.00. The molecule has 1 fully saturated rings. The van der Waals surface area contributed by atoms with Gasteiger partial charge in [0.25, 0.3) is 0 Å². The van der Waals surface area contributed by atoms with Gasteiger partial charge in [-0.15, -0.1) is 0 Å². The highest BCUT2D eigenvalue weighted by molar-refractivity contribution is 5.85. The van der Waals surface area contributed by atoms with Gasteiger partial charge in [-0.2, -0.15) is 0 Å². The largest absolute Gasteiger partial charge is 0.409 e. The summed E-state index contributed by atoms with van der Waals surface area (Å²) >= 11 is 0. The summed E-state index contributed by atoms with van der Waals surface area (Å²) < 4.78 is 0. The fourth-order valence-corrected chi connectivity index (χ4v) is 2.70. The Hall–Kier alpha value is -0.770. The number of hydrogen-bond acceptors (Lipinski definition) is 3. The molecule has 0 atom stereocenters. The molecule has 0 aromatic carbocycles. The Balaban J connectivity index is 2.18. The molecular formula is C15H31N3O. The van der Waals surface area contributed by atoms with Gasteiger partial charge in [0, 0.05) is 11.5 Å². The zero-order valence-electron chi connectivity index (χ0n) is 13.0. The van der Waals surface area contributed by atoms with Gasteiger partial charge in [-0.3, -0.25) is 0 Å². The molecule has 0 amide bonds. The van der Waals surface area contributed by atoms with Gasteiger partial charge in [0.1, 0.15) is 5.84 Å². The second-order valence-corrected chi connectivity index (χ2v) is 7.37. The van der Waals surface area contributed by atoms with Crippen LogP contribution in [0.2, 0.25) is 0 Å². The number of nitrogens with two attached hydrogens (primary N) is 1. The Kier molecular flexibility index (Phi) is 5.65. The third-order valence-electron chi connectivity index (χ3n) is 4.55. The van der Waals surface area contributed by atoms with E-state index in [9.17, 15) is 0 Å². The lowest BCUT2D eigenvalue weighted by atomic mass is 9.75. The van der Waals surface area contributed by atoms with Crippen molar-refractivity contribution in [3.63, 3.8) is 0 Å². The van der Waals surface area contributed by atoms with Crippen molar-refractivity contribution in [3.05, 3.63) is 0 Å². The van der Waals surface area contributed by atoms with Gasteiger partial charge in [0.2, 0.25) is 0 Å². The summed E-state index contributed by atoms with van der Waals surface area (Å²) in [6.07, 6.45) is 7.21. The third kappa shape index (κ3) is 5.39. The van der Waals surface area contributed by atoms with Crippen LogP contribution in [0.15, 0.2) is 5.16 Å². The molecule has 0 aromatic heterocycles. The molecule has 1 aliphatic rings. The van der Waals surface area contributed by atoms with Gasteiger partial charge in [0.05, 0.1) is 0 Å². The lowest BCUT2D eigenvalue weighted by Gasteiger charge is -2.35. The van der Waals surface area contributed by atoms with Crippen molar-refractivity contribution in [2.45, 2.75) is 72.3 Å². The van der Waals surface area contributed by atoms with Crippen LogP contribution in [-0.4, -0.2) is 23.6 Å². The summed E-state index contributed by atoms with van der Waals surface area (Å²) in [6, 6.07) is 0.681. The summed E-state index contributed by atoms with van der Waals surface area (Å²) in [6.45, 7) is 9.79. The standard InChI is InChI=1S/C15H31N3O/c1-14(2)9-6-12(7-10-14)17-11-5-8-15(3,4)13(16)18-19/h12,17,19H,5-11H2,1-4H3,(H2,16,18). The van der Waals surface area contributed by atoms with Gasteiger partial charge in [0.15, 0.2) is 0 Å². The Morgan fingerprint density at radius 1 is 1.37 bits per heavy atom. The Morgan fingerprint density at radius 3 is 2.47 bits per heavy atom. The molecule has 112 valence electrons. The zero-order chi connectivity index (χ0) is 14.5. The van der Waals surface area contributed by atoms with E-state index in [-0.39, 0.29) is 5.41 Å². The smallest absolute Gasteiger partial charge is 0.144 e. The summed E-state index contributed by atoms with van der Waals surface area (Å²) in [4.78, 5) is 0. The molecule has 1 saturated carbocycles. The van der Waals surface area contributed by atoms with Gasteiger partial charge >= 0.3 is 0 Å². The fourth-order valence-electron chi connectivity index (χ4n) is 2.70. The van der Waals surface area contributed by atoms with Crippen molar-refractivity contribution in [1.82, 2.24) is 5.32 Å². The van der Waals surface area contributed by atoms with Crippen LogP contribution < -0.4 is 11.1 Å². The maximum absolute atomic E-state index is 8.73. The number of hydrogen-bond donors (Lipinski definition) is 3. The number of amidine groups is 1. The molecule has 19 heavy (non-hydrogen) atoms. The molecule has 4 N–H and O–H groups in total. The number of nitrogens with zero attached hydrogens (tertiary/aromatic N) is 1. The van der Waals surface area contributed by atoms with E-state index in [0.29, 0.717) is 17.3 Å². The summed E-state index contributed by atoms with van der Waals surface area (Å²) in [5.74, 6) is 0.326. The van der Waals surface area contributed by atoms with Crippen molar-refractivity contribution in [3.8, 4) is 0 Å². The van der Waals surface area contributed by atoms with Crippen LogP contribution in [0.25, 0.3) is 0 Å². The van der Waals surface area contributed by atoms with Gasteiger partial charge in [-0.25, -0.2) is 0 Å². The summed E-state index contributed by atoms with van der Waals surface area (Å²) in [7, 11) is 0. The molecule has 0 heterocycles. The van der Waals surface area contributed by atoms with Gasteiger partial charge in [-0.05, 0) is 50.5 Å². The first-order chi connectivity index (χ1) is 8.77. The van der Waals surface area contributed by atoms with Gasteiger partial charge in [-0.1, -0.05) is 32.9 Å². The Labute approximate surface area is 117 Å². The van der Waals surface area contributed by atoms with Crippen LogP contribution in [0.3, 0.4) is 0 Å². The third-order valence-corrected chi connectivity index (χ3v) is 4.55. The van der Waals surface area contributed by atoms with E-state index in [4.69, 9.17) is 10.9 Å².